The molecule has 0 atom stereocenters. The molecular weight excluding hydrogens is 507 g/mol. The van der Waals surface area contributed by atoms with Gasteiger partial charge in [-0.25, -0.2) is 0 Å². The zero-order valence-corrected chi connectivity index (χ0v) is 21.9. The molecular formula is C29H34F3N5O2. The number of nitrogens with one attached hydrogen (secondary N) is 1. The summed E-state index contributed by atoms with van der Waals surface area (Å²) in [5.74, 6) is -1.33. The molecule has 0 radical (unpaired) electrons. The Kier molecular flexibility index (Phi) is 8.44. The van der Waals surface area contributed by atoms with E-state index in [0.29, 0.717) is 12.1 Å². The van der Waals surface area contributed by atoms with Crippen LogP contribution in [0.1, 0.15) is 50.2 Å². The number of piperidine rings is 1. The average molecular weight is 542 g/mol. The molecule has 1 aliphatic heterocycles. The third-order valence-electron chi connectivity index (χ3n) is 7.59. The molecule has 208 valence electrons. The zero-order chi connectivity index (χ0) is 28.2. The molecule has 2 aromatic rings. The van der Waals surface area contributed by atoms with E-state index in [1.165, 1.54) is 18.3 Å². The van der Waals surface area contributed by atoms with E-state index in [2.05, 4.69) is 22.1 Å². The summed E-state index contributed by atoms with van der Waals surface area (Å²) >= 11 is 0. The molecule has 1 heterocycles. The predicted molar refractivity (Wildman–Crippen MR) is 144 cm³/mol. The maximum absolute atomic E-state index is 13.1. The van der Waals surface area contributed by atoms with Crippen molar-refractivity contribution in [2.75, 3.05) is 13.1 Å². The first-order valence-corrected chi connectivity index (χ1v) is 13.1. The number of nitrogens with zero attached hydrogens (tertiary/aromatic N) is 2. The van der Waals surface area contributed by atoms with Crippen LogP contribution >= 0.6 is 0 Å². The maximum Gasteiger partial charge on any atom is 0.416 e. The molecule has 1 aliphatic carbocycles. The van der Waals surface area contributed by atoms with E-state index in [-0.39, 0.29) is 28.8 Å². The van der Waals surface area contributed by atoms with Crippen molar-refractivity contribution in [3.8, 4) is 11.1 Å². The Morgan fingerprint density at radius 2 is 1.74 bits per heavy atom. The molecule has 1 saturated heterocycles. The SMILES string of the molecule is CCC1(N/C=C(/C(N)=O)C(N)=NC(=O)C2CC2)CCN(Cc2ccc(-c3cccc(C(F)(F)F)c3)cc2)CC1. The Bertz CT molecular complexity index is 1260. The largest absolute Gasteiger partial charge is 0.416 e. The van der Waals surface area contributed by atoms with Gasteiger partial charge in [-0.3, -0.25) is 14.5 Å². The van der Waals surface area contributed by atoms with Gasteiger partial charge in [0.05, 0.1) is 11.1 Å². The van der Waals surface area contributed by atoms with E-state index in [1.807, 2.05) is 24.3 Å². The van der Waals surface area contributed by atoms with Crippen LogP contribution in [-0.4, -0.2) is 41.2 Å². The second-order valence-electron chi connectivity index (χ2n) is 10.4. The number of nitrogens with two attached hydrogens (primary N) is 2. The van der Waals surface area contributed by atoms with Gasteiger partial charge in [0.1, 0.15) is 5.84 Å². The lowest BCUT2D eigenvalue weighted by Gasteiger charge is -2.42. The number of benzene rings is 2. The molecule has 39 heavy (non-hydrogen) atoms. The maximum atomic E-state index is 13.1. The summed E-state index contributed by atoms with van der Waals surface area (Å²) in [5.41, 5.74) is 12.9. The minimum Gasteiger partial charge on any atom is -0.385 e. The molecule has 2 aliphatic rings. The van der Waals surface area contributed by atoms with E-state index in [1.54, 1.807) is 6.07 Å². The smallest absolute Gasteiger partial charge is 0.385 e. The monoisotopic (exact) mass is 541 g/mol. The second-order valence-corrected chi connectivity index (χ2v) is 10.4. The molecule has 1 saturated carbocycles. The number of likely N-dealkylation sites (tertiary alicyclic amines) is 1. The number of carbonyl (C=O) groups is 2. The van der Waals surface area contributed by atoms with Crippen molar-refractivity contribution in [1.29, 1.82) is 0 Å². The van der Waals surface area contributed by atoms with Gasteiger partial charge in [-0.15, -0.1) is 0 Å². The van der Waals surface area contributed by atoms with E-state index in [9.17, 15) is 22.8 Å². The number of amidine groups is 1. The first-order valence-electron chi connectivity index (χ1n) is 13.1. The number of carbonyl (C=O) groups excluding carboxylic acids is 2. The normalized spacial score (nSPS) is 18.6. The van der Waals surface area contributed by atoms with Crippen LogP contribution in [0.3, 0.4) is 0 Å². The molecule has 0 spiro atoms. The van der Waals surface area contributed by atoms with Gasteiger partial charge in [0, 0.05) is 37.3 Å². The summed E-state index contributed by atoms with van der Waals surface area (Å²) in [7, 11) is 0. The molecule has 0 unspecified atom stereocenters. The van der Waals surface area contributed by atoms with Crippen LogP contribution in [0.15, 0.2) is 65.3 Å². The van der Waals surface area contributed by atoms with Crippen molar-refractivity contribution in [2.24, 2.45) is 22.4 Å². The van der Waals surface area contributed by atoms with E-state index in [0.717, 1.165) is 62.4 Å². The molecule has 4 rings (SSSR count). The molecule has 2 amide bonds. The number of amides is 2. The highest BCUT2D eigenvalue weighted by Crippen LogP contribution is 2.33. The number of rotatable bonds is 9. The number of hydrogen-bond acceptors (Lipinski definition) is 4. The third kappa shape index (κ3) is 7.26. The molecule has 2 aromatic carbocycles. The van der Waals surface area contributed by atoms with Crippen LogP contribution in [0.5, 0.6) is 0 Å². The van der Waals surface area contributed by atoms with E-state index < -0.39 is 17.6 Å². The summed E-state index contributed by atoms with van der Waals surface area (Å²) in [4.78, 5) is 30.1. The highest BCUT2D eigenvalue weighted by Gasteiger charge is 2.33. The lowest BCUT2D eigenvalue weighted by atomic mass is 9.85. The van der Waals surface area contributed by atoms with Gasteiger partial charge in [-0.05, 0) is 60.9 Å². The minimum atomic E-state index is -4.38. The summed E-state index contributed by atoms with van der Waals surface area (Å²) in [6, 6.07) is 12.9. The molecule has 0 aromatic heterocycles. The van der Waals surface area contributed by atoms with Gasteiger partial charge in [0.15, 0.2) is 0 Å². The fraction of sp³-hybridized carbons (Fsp3) is 0.414. The molecule has 10 heteroatoms. The Morgan fingerprint density at radius 3 is 2.31 bits per heavy atom. The highest BCUT2D eigenvalue weighted by atomic mass is 19.4. The van der Waals surface area contributed by atoms with E-state index >= 15 is 0 Å². The van der Waals surface area contributed by atoms with Crippen molar-refractivity contribution in [2.45, 2.75) is 57.3 Å². The fourth-order valence-corrected chi connectivity index (χ4v) is 4.77. The van der Waals surface area contributed by atoms with Gasteiger partial charge >= 0.3 is 6.18 Å². The lowest BCUT2D eigenvalue weighted by molar-refractivity contribution is -0.137. The van der Waals surface area contributed by atoms with Crippen molar-refractivity contribution >= 4 is 17.6 Å². The lowest BCUT2D eigenvalue weighted by Crippen LogP contribution is -2.51. The number of alkyl halides is 3. The summed E-state index contributed by atoms with van der Waals surface area (Å²) in [6.07, 6.45) is 1.13. The van der Waals surface area contributed by atoms with Crippen molar-refractivity contribution in [3.63, 3.8) is 0 Å². The quantitative estimate of drug-likeness (QED) is 0.248. The third-order valence-corrected chi connectivity index (χ3v) is 7.59. The van der Waals surface area contributed by atoms with Crippen molar-refractivity contribution in [1.82, 2.24) is 10.2 Å². The second kappa shape index (κ2) is 11.6. The van der Waals surface area contributed by atoms with Crippen LogP contribution in [0.25, 0.3) is 11.1 Å². The molecule has 5 N–H and O–H groups in total. The number of primary amides is 1. The highest BCUT2D eigenvalue weighted by molar-refractivity contribution is 6.21. The van der Waals surface area contributed by atoms with Crippen LogP contribution in [0.2, 0.25) is 0 Å². The van der Waals surface area contributed by atoms with Crippen LogP contribution in [0.4, 0.5) is 13.2 Å². The van der Waals surface area contributed by atoms with Crippen molar-refractivity contribution < 1.29 is 22.8 Å². The predicted octanol–water partition coefficient (Wildman–Crippen LogP) is 4.37. The van der Waals surface area contributed by atoms with E-state index in [4.69, 9.17) is 11.5 Å². The average Bonchev–Trinajstić information content (AvgIpc) is 3.76. The van der Waals surface area contributed by atoms with Gasteiger partial charge in [-0.2, -0.15) is 18.2 Å². The topological polar surface area (TPSA) is 114 Å². The van der Waals surface area contributed by atoms with Crippen LogP contribution in [-0.2, 0) is 22.3 Å². The Morgan fingerprint density at radius 1 is 1.08 bits per heavy atom. The minimum absolute atomic E-state index is 0.000106. The molecule has 2 fully saturated rings. The summed E-state index contributed by atoms with van der Waals surface area (Å²) in [6.45, 7) is 4.40. The number of halogens is 3. The zero-order valence-electron chi connectivity index (χ0n) is 21.9. The van der Waals surface area contributed by atoms with Gasteiger partial charge in [0.25, 0.3) is 11.8 Å². The summed E-state index contributed by atoms with van der Waals surface area (Å²) in [5, 5.41) is 3.35. The molecule has 7 nitrogen and oxygen atoms in total. The number of hydrogen-bond donors (Lipinski definition) is 3. The first-order chi connectivity index (χ1) is 18.5. The van der Waals surface area contributed by atoms with Crippen LogP contribution in [0, 0.1) is 5.92 Å². The van der Waals surface area contributed by atoms with Gasteiger partial charge in [-0.1, -0.05) is 43.3 Å². The Labute approximate surface area is 226 Å². The summed E-state index contributed by atoms with van der Waals surface area (Å²) < 4.78 is 39.2. The Hall–Kier alpha value is -3.66. The Balaban J connectivity index is 1.36. The fourth-order valence-electron chi connectivity index (χ4n) is 4.77. The van der Waals surface area contributed by atoms with Crippen LogP contribution < -0.4 is 16.8 Å². The van der Waals surface area contributed by atoms with Gasteiger partial charge < -0.3 is 16.8 Å². The standard InChI is InChI=1S/C29H34F3N5O2/c1-2-28(35-17-24(26(34)38)25(33)36-27(39)21-10-11-21)12-14-37(15-13-28)18-19-6-8-20(9-7-19)22-4-3-5-23(16-22)29(30,31)32/h3-9,16-17,21,35H,2,10-15,18H2,1H3,(H2,34,38)(H2,33,36,39)/b24-17+. The first kappa shape index (κ1) is 28.4. The van der Waals surface area contributed by atoms with Gasteiger partial charge in [0.2, 0.25) is 0 Å². The van der Waals surface area contributed by atoms with Crippen molar-refractivity contribution in [3.05, 3.63) is 71.4 Å². The number of aliphatic imine (C=N–C) groups is 1. The molecule has 0 bridgehead atoms.